The second kappa shape index (κ2) is 4.35. The third kappa shape index (κ3) is 2.00. The Hall–Kier alpha value is -1.88. The van der Waals surface area contributed by atoms with Crippen LogP contribution in [0.15, 0.2) is 22.6 Å². The molecule has 0 atom stereocenters. The number of oxazole rings is 1. The van der Waals surface area contributed by atoms with Crippen LogP contribution in [0.2, 0.25) is 0 Å². The van der Waals surface area contributed by atoms with E-state index >= 15 is 0 Å². The van der Waals surface area contributed by atoms with Gasteiger partial charge < -0.3 is 13.9 Å². The third-order valence-corrected chi connectivity index (χ3v) is 3.57. The summed E-state index contributed by atoms with van der Waals surface area (Å²) in [6, 6.07) is 5.84. The summed E-state index contributed by atoms with van der Waals surface area (Å²) in [5, 5.41) is 0. The Morgan fingerprint density at radius 3 is 2.89 bits per heavy atom. The normalized spacial score (nSPS) is 17.2. The zero-order valence-electron chi connectivity index (χ0n) is 10.9. The predicted octanol–water partition coefficient (Wildman–Crippen LogP) is 1.97. The fraction of sp³-hybridized carbons (Fsp3) is 0.429. The van der Waals surface area contributed by atoms with Crippen molar-refractivity contribution in [3.63, 3.8) is 0 Å². The number of benzene rings is 1. The Balaban J connectivity index is 1.98. The van der Waals surface area contributed by atoms with Crippen LogP contribution in [0.4, 0.5) is 0 Å². The number of methoxy groups -OCH3 is 1. The minimum absolute atomic E-state index is 0.225. The van der Waals surface area contributed by atoms with E-state index < -0.39 is 0 Å². The van der Waals surface area contributed by atoms with Crippen LogP contribution >= 0.6 is 0 Å². The molecule has 0 N–H and O–H groups in total. The molecular formula is C14H15NO4. The Kier molecular flexibility index (Phi) is 2.78. The molecule has 3 rings (SSSR count). The number of aromatic nitrogens is 1. The first-order valence-corrected chi connectivity index (χ1v) is 6.15. The van der Waals surface area contributed by atoms with E-state index in [1.165, 1.54) is 7.11 Å². The second-order valence-electron chi connectivity index (χ2n) is 4.94. The lowest BCUT2D eigenvalue weighted by atomic mass is 9.76. The Labute approximate surface area is 110 Å². The van der Waals surface area contributed by atoms with E-state index in [1.807, 2.05) is 25.1 Å². The molecule has 0 amide bonds. The molecule has 100 valence electrons. The predicted molar refractivity (Wildman–Crippen MR) is 67.9 cm³/mol. The van der Waals surface area contributed by atoms with Crippen LogP contribution in [0, 0.1) is 6.92 Å². The van der Waals surface area contributed by atoms with E-state index in [9.17, 15) is 4.79 Å². The Morgan fingerprint density at radius 1 is 1.47 bits per heavy atom. The number of hydrogen-bond acceptors (Lipinski definition) is 5. The molecule has 0 bridgehead atoms. The lowest BCUT2D eigenvalue weighted by Gasteiger charge is -2.41. The van der Waals surface area contributed by atoms with Crippen molar-refractivity contribution in [2.45, 2.75) is 18.8 Å². The van der Waals surface area contributed by atoms with Gasteiger partial charge in [-0.15, -0.1) is 0 Å². The largest absolute Gasteiger partial charge is 0.469 e. The molecule has 0 spiro atoms. The number of rotatable bonds is 3. The molecule has 19 heavy (non-hydrogen) atoms. The van der Waals surface area contributed by atoms with Crippen LogP contribution in [0.1, 0.15) is 17.9 Å². The summed E-state index contributed by atoms with van der Waals surface area (Å²) in [6.07, 6.45) is 0.322. The molecule has 2 aromatic rings. The fourth-order valence-electron chi connectivity index (χ4n) is 2.44. The summed E-state index contributed by atoms with van der Waals surface area (Å²) < 4.78 is 15.6. The minimum atomic E-state index is -0.290. The molecule has 1 aliphatic heterocycles. The molecule has 0 radical (unpaired) electrons. The molecule has 1 aliphatic rings. The maximum absolute atomic E-state index is 11.5. The highest BCUT2D eigenvalue weighted by Gasteiger charge is 2.42. The molecule has 1 aromatic heterocycles. The number of nitrogens with zero attached hydrogens (tertiary/aromatic N) is 1. The van der Waals surface area contributed by atoms with E-state index in [1.54, 1.807) is 0 Å². The number of hydrogen-bond donors (Lipinski definition) is 0. The zero-order valence-corrected chi connectivity index (χ0v) is 10.9. The van der Waals surface area contributed by atoms with Crippen LogP contribution in [0.5, 0.6) is 0 Å². The van der Waals surface area contributed by atoms with Gasteiger partial charge in [-0.25, -0.2) is 4.98 Å². The number of esters is 1. The van der Waals surface area contributed by atoms with Crippen LogP contribution in [0.25, 0.3) is 11.1 Å². The molecule has 1 saturated heterocycles. The summed E-state index contributed by atoms with van der Waals surface area (Å²) in [5.74, 6) is 0.413. The van der Waals surface area contributed by atoms with Crippen molar-refractivity contribution in [1.29, 1.82) is 0 Å². The lowest BCUT2D eigenvalue weighted by Crippen LogP contribution is -2.48. The summed E-state index contributed by atoms with van der Waals surface area (Å²) in [6.45, 7) is 2.87. The lowest BCUT2D eigenvalue weighted by molar-refractivity contribution is -0.148. The fourth-order valence-corrected chi connectivity index (χ4v) is 2.44. The van der Waals surface area contributed by atoms with Gasteiger partial charge in [0, 0.05) is 6.92 Å². The van der Waals surface area contributed by atoms with Gasteiger partial charge in [-0.05, 0) is 17.7 Å². The van der Waals surface area contributed by atoms with Gasteiger partial charge in [-0.2, -0.15) is 0 Å². The Bertz CT molecular complexity index is 627. The average molecular weight is 261 g/mol. The first kappa shape index (κ1) is 12.2. The zero-order chi connectivity index (χ0) is 13.5. The highest BCUT2D eigenvalue weighted by Crippen LogP contribution is 2.37. The smallest absolute Gasteiger partial charge is 0.306 e. The second-order valence-corrected chi connectivity index (χ2v) is 4.94. The molecule has 0 saturated carbocycles. The molecule has 5 nitrogen and oxygen atoms in total. The van der Waals surface area contributed by atoms with Crippen molar-refractivity contribution in [3.8, 4) is 0 Å². The standard InChI is InChI=1S/C14H15NO4/c1-9-15-11-4-3-10(5-12(11)19-9)14(7-18-8-14)6-13(16)17-2/h3-5H,6-8H2,1-2H3. The van der Waals surface area contributed by atoms with Crippen LogP contribution in [-0.2, 0) is 19.7 Å². The number of ether oxygens (including phenoxy) is 2. The van der Waals surface area contributed by atoms with Gasteiger partial charge >= 0.3 is 5.97 Å². The number of fused-ring (bicyclic) bond motifs is 1. The summed E-state index contributed by atoms with van der Waals surface area (Å²) >= 11 is 0. The molecule has 0 aliphatic carbocycles. The molecule has 1 aromatic carbocycles. The van der Waals surface area contributed by atoms with E-state index in [4.69, 9.17) is 13.9 Å². The van der Waals surface area contributed by atoms with Gasteiger partial charge in [0.1, 0.15) is 5.52 Å². The van der Waals surface area contributed by atoms with Gasteiger partial charge in [-0.3, -0.25) is 4.79 Å². The maximum atomic E-state index is 11.5. The van der Waals surface area contributed by atoms with E-state index in [2.05, 4.69) is 4.98 Å². The van der Waals surface area contributed by atoms with Crippen LogP contribution < -0.4 is 0 Å². The summed E-state index contributed by atoms with van der Waals surface area (Å²) in [7, 11) is 1.40. The summed E-state index contributed by atoms with van der Waals surface area (Å²) in [4.78, 5) is 15.8. The van der Waals surface area contributed by atoms with Crippen molar-refractivity contribution >= 4 is 17.1 Å². The highest BCUT2D eigenvalue weighted by atomic mass is 16.5. The van der Waals surface area contributed by atoms with Crippen molar-refractivity contribution < 1.29 is 18.7 Å². The van der Waals surface area contributed by atoms with Crippen LogP contribution in [-0.4, -0.2) is 31.3 Å². The van der Waals surface area contributed by atoms with Crippen molar-refractivity contribution in [3.05, 3.63) is 29.7 Å². The van der Waals surface area contributed by atoms with E-state index in [0.717, 1.165) is 16.7 Å². The molecule has 2 heterocycles. The number of carbonyl (C=O) groups is 1. The maximum Gasteiger partial charge on any atom is 0.306 e. The van der Waals surface area contributed by atoms with Gasteiger partial charge in [0.05, 0.1) is 32.2 Å². The van der Waals surface area contributed by atoms with E-state index in [-0.39, 0.29) is 11.4 Å². The first-order valence-electron chi connectivity index (χ1n) is 6.15. The Morgan fingerprint density at radius 2 is 2.26 bits per heavy atom. The number of carbonyl (C=O) groups excluding carboxylic acids is 1. The SMILES string of the molecule is COC(=O)CC1(c2ccc3nc(C)oc3c2)COC1. The molecular weight excluding hydrogens is 246 g/mol. The number of aryl methyl sites for hydroxylation is 1. The van der Waals surface area contributed by atoms with Gasteiger partial charge in [0.2, 0.25) is 0 Å². The monoisotopic (exact) mass is 261 g/mol. The third-order valence-electron chi connectivity index (χ3n) is 3.57. The highest BCUT2D eigenvalue weighted by molar-refractivity contribution is 5.76. The van der Waals surface area contributed by atoms with Crippen molar-refractivity contribution in [2.75, 3.05) is 20.3 Å². The first-order chi connectivity index (χ1) is 9.13. The molecule has 5 heteroatoms. The van der Waals surface area contributed by atoms with Gasteiger partial charge in [0.25, 0.3) is 0 Å². The van der Waals surface area contributed by atoms with Gasteiger partial charge in [0.15, 0.2) is 11.5 Å². The van der Waals surface area contributed by atoms with Crippen molar-refractivity contribution in [2.24, 2.45) is 0 Å². The molecule has 0 unspecified atom stereocenters. The summed E-state index contributed by atoms with van der Waals surface area (Å²) in [5.41, 5.74) is 2.32. The average Bonchev–Trinajstić information content (AvgIpc) is 2.72. The van der Waals surface area contributed by atoms with Gasteiger partial charge in [-0.1, -0.05) is 6.07 Å². The topological polar surface area (TPSA) is 61.6 Å². The van der Waals surface area contributed by atoms with Crippen molar-refractivity contribution in [1.82, 2.24) is 4.98 Å². The van der Waals surface area contributed by atoms with Crippen LogP contribution in [0.3, 0.4) is 0 Å². The minimum Gasteiger partial charge on any atom is -0.469 e. The molecule has 1 fully saturated rings. The quantitative estimate of drug-likeness (QED) is 0.790. The van der Waals surface area contributed by atoms with E-state index in [0.29, 0.717) is 25.5 Å².